The van der Waals surface area contributed by atoms with Crippen LogP contribution in [-0.4, -0.2) is 32.0 Å². The van der Waals surface area contributed by atoms with Crippen molar-refractivity contribution in [3.63, 3.8) is 0 Å². The summed E-state index contributed by atoms with van der Waals surface area (Å²) >= 11 is 0. The molecule has 0 aromatic carbocycles. The second-order valence-corrected chi connectivity index (χ2v) is 2.52. The highest BCUT2D eigenvalue weighted by molar-refractivity contribution is 4.76. The Kier molecular flexibility index (Phi) is 3.12. The summed E-state index contributed by atoms with van der Waals surface area (Å²) in [6, 6.07) is 0.175. The van der Waals surface area contributed by atoms with Crippen LogP contribution in [0.15, 0.2) is 0 Å². The van der Waals surface area contributed by atoms with Gasteiger partial charge in [0.05, 0.1) is 12.7 Å². The second kappa shape index (κ2) is 3.91. The van der Waals surface area contributed by atoms with E-state index in [1.54, 1.807) is 0 Å². The van der Waals surface area contributed by atoms with Gasteiger partial charge in [0.2, 0.25) is 0 Å². The summed E-state index contributed by atoms with van der Waals surface area (Å²) in [7, 11) is 0. The number of hydrogen-bond donors (Lipinski definition) is 1. The fraction of sp³-hybridized carbons (Fsp3) is 1.00. The molecule has 0 spiro atoms. The van der Waals surface area contributed by atoms with E-state index in [1.165, 1.54) is 0 Å². The predicted molar refractivity (Wildman–Crippen MR) is 38.8 cm³/mol. The van der Waals surface area contributed by atoms with E-state index in [0.717, 1.165) is 19.6 Å². The van der Waals surface area contributed by atoms with Crippen molar-refractivity contribution in [2.45, 2.75) is 25.5 Å². The average molecular weight is 145 g/mol. The number of hydrogen-bond acceptors (Lipinski definition) is 3. The van der Waals surface area contributed by atoms with Crippen LogP contribution in [0.5, 0.6) is 0 Å². The van der Waals surface area contributed by atoms with Crippen molar-refractivity contribution in [3.8, 4) is 0 Å². The first-order chi connectivity index (χ1) is 4.84. The minimum absolute atomic E-state index is 0.124. The molecule has 1 fully saturated rings. The minimum Gasteiger partial charge on any atom is -0.379 e. The molecular formula is C7H15NO2. The Morgan fingerprint density at radius 3 is 3.10 bits per heavy atom. The molecule has 0 aromatic heterocycles. The third-order valence-electron chi connectivity index (χ3n) is 1.74. The summed E-state index contributed by atoms with van der Waals surface area (Å²) in [5, 5.41) is 0. The Bertz CT molecular complexity index is 95.6. The van der Waals surface area contributed by atoms with Gasteiger partial charge < -0.3 is 15.2 Å². The predicted octanol–water partition coefficient (Wildman–Crippen LogP) is 0.139. The Morgan fingerprint density at radius 2 is 2.50 bits per heavy atom. The maximum absolute atomic E-state index is 5.76. The summed E-state index contributed by atoms with van der Waals surface area (Å²) in [4.78, 5) is 0. The van der Waals surface area contributed by atoms with Gasteiger partial charge in [-0.3, -0.25) is 0 Å². The van der Waals surface area contributed by atoms with E-state index in [4.69, 9.17) is 15.2 Å². The van der Waals surface area contributed by atoms with E-state index in [2.05, 4.69) is 0 Å². The molecule has 60 valence electrons. The molecule has 0 unspecified atom stereocenters. The fourth-order valence-electron chi connectivity index (χ4n) is 1.11. The minimum atomic E-state index is 0.124. The summed E-state index contributed by atoms with van der Waals surface area (Å²) in [5.74, 6) is 0. The highest BCUT2D eigenvalue weighted by Crippen LogP contribution is 2.08. The Morgan fingerprint density at radius 1 is 1.70 bits per heavy atom. The van der Waals surface area contributed by atoms with E-state index in [-0.39, 0.29) is 12.1 Å². The maximum atomic E-state index is 5.76. The first-order valence-corrected chi connectivity index (χ1v) is 3.79. The van der Waals surface area contributed by atoms with Gasteiger partial charge in [-0.1, -0.05) is 0 Å². The summed E-state index contributed by atoms with van der Waals surface area (Å²) in [6.45, 7) is 4.14. The van der Waals surface area contributed by atoms with Gasteiger partial charge in [-0.15, -0.1) is 0 Å². The first-order valence-electron chi connectivity index (χ1n) is 3.79. The van der Waals surface area contributed by atoms with Gasteiger partial charge in [0.15, 0.2) is 0 Å². The SMILES string of the molecule is CCO[C@@H]1COCC[C@@H]1N. The van der Waals surface area contributed by atoms with Crippen molar-refractivity contribution in [1.82, 2.24) is 0 Å². The van der Waals surface area contributed by atoms with E-state index in [0.29, 0.717) is 6.61 Å². The molecule has 0 radical (unpaired) electrons. The second-order valence-electron chi connectivity index (χ2n) is 2.52. The molecule has 0 aromatic rings. The van der Waals surface area contributed by atoms with Gasteiger partial charge in [0, 0.05) is 19.3 Å². The maximum Gasteiger partial charge on any atom is 0.0959 e. The van der Waals surface area contributed by atoms with Crippen molar-refractivity contribution in [2.75, 3.05) is 19.8 Å². The molecule has 2 N–H and O–H groups in total. The van der Waals surface area contributed by atoms with Crippen LogP contribution >= 0.6 is 0 Å². The Hall–Kier alpha value is -0.120. The molecule has 3 nitrogen and oxygen atoms in total. The molecule has 1 heterocycles. The zero-order chi connectivity index (χ0) is 7.40. The van der Waals surface area contributed by atoms with Gasteiger partial charge in [-0.25, -0.2) is 0 Å². The zero-order valence-electron chi connectivity index (χ0n) is 6.38. The topological polar surface area (TPSA) is 44.5 Å². The van der Waals surface area contributed by atoms with E-state index in [9.17, 15) is 0 Å². The monoisotopic (exact) mass is 145 g/mol. The molecule has 0 amide bonds. The number of rotatable bonds is 2. The van der Waals surface area contributed by atoms with Crippen molar-refractivity contribution >= 4 is 0 Å². The zero-order valence-corrected chi connectivity index (χ0v) is 6.38. The van der Waals surface area contributed by atoms with E-state index in [1.807, 2.05) is 6.92 Å². The standard InChI is InChI=1S/C7H15NO2/c1-2-10-7-5-9-4-3-6(7)8/h6-7H,2-5,8H2,1H3/t6-,7+/m0/s1. The van der Waals surface area contributed by atoms with Crippen molar-refractivity contribution in [2.24, 2.45) is 5.73 Å². The Labute approximate surface area is 61.5 Å². The van der Waals surface area contributed by atoms with Gasteiger partial charge in [-0.2, -0.15) is 0 Å². The van der Waals surface area contributed by atoms with Crippen LogP contribution in [0, 0.1) is 0 Å². The van der Waals surface area contributed by atoms with Crippen molar-refractivity contribution in [3.05, 3.63) is 0 Å². The number of nitrogens with two attached hydrogens (primary N) is 1. The third-order valence-corrected chi connectivity index (χ3v) is 1.74. The van der Waals surface area contributed by atoms with Gasteiger partial charge in [0.25, 0.3) is 0 Å². The molecule has 1 rings (SSSR count). The summed E-state index contributed by atoms with van der Waals surface area (Å²) < 4.78 is 10.5. The smallest absolute Gasteiger partial charge is 0.0959 e. The van der Waals surface area contributed by atoms with E-state index >= 15 is 0 Å². The molecule has 1 saturated heterocycles. The molecule has 2 atom stereocenters. The molecular weight excluding hydrogens is 130 g/mol. The van der Waals surface area contributed by atoms with Crippen LogP contribution in [0.3, 0.4) is 0 Å². The number of ether oxygens (including phenoxy) is 2. The highest BCUT2D eigenvalue weighted by atomic mass is 16.5. The first kappa shape index (κ1) is 7.98. The average Bonchev–Trinajstić information content (AvgIpc) is 1.94. The normalized spacial score (nSPS) is 34.2. The lowest BCUT2D eigenvalue weighted by atomic mass is 10.1. The lowest BCUT2D eigenvalue weighted by Gasteiger charge is -2.28. The molecule has 10 heavy (non-hydrogen) atoms. The van der Waals surface area contributed by atoms with Crippen molar-refractivity contribution in [1.29, 1.82) is 0 Å². The van der Waals surface area contributed by atoms with Crippen molar-refractivity contribution < 1.29 is 9.47 Å². The largest absolute Gasteiger partial charge is 0.379 e. The third kappa shape index (κ3) is 1.94. The van der Waals surface area contributed by atoms with Crippen LogP contribution in [-0.2, 0) is 9.47 Å². The van der Waals surface area contributed by atoms with Gasteiger partial charge in [0.1, 0.15) is 0 Å². The van der Waals surface area contributed by atoms with Crippen LogP contribution in [0.4, 0.5) is 0 Å². The highest BCUT2D eigenvalue weighted by Gasteiger charge is 2.21. The molecule has 1 aliphatic heterocycles. The van der Waals surface area contributed by atoms with Crippen LogP contribution in [0.1, 0.15) is 13.3 Å². The van der Waals surface area contributed by atoms with Crippen LogP contribution < -0.4 is 5.73 Å². The fourth-order valence-corrected chi connectivity index (χ4v) is 1.11. The van der Waals surface area contributed by atoms with Crippen LogP contribution in [0.2, 0.25) is 0 Å². The van der Waals surface area contributed by atoms with Gasteiger partial charge >= 0.3 is 0 Å². The molecule has 0 aliphatic carbocycles. The van der Waals surface area contributed by atoms with Gasteiger partial charge in [-0.05, 0) is 13.3 Å². The quantitative estimate of drug-likeness (QED) is 0.601. The van der Waals surface area contributed by atoms with E-state index < -0.39 is 0 Å². The molecule has 0 bridgehead atoms. The Balaban J connectivity index is 2.25. The molecule has 1 aliphatic rings. The lowest BCUT2D eigenvalue weighted by Crippen LogP contribution is -2.44. The molecule has 0 saturated carbocycles. The molecule has 3 heteroatoms. The van der Waals surface area contributed by atoms with Crippen LogP contribution in [0.25, 0.3) is 0 Å². The lowest BCUT2D eigenvalue weighted by molar-refractivity contribution is -0.0571. The summed E-state index contributed by atoms with van der Waals surface area (Å²) in [5.41, 5.74) is 5.76. The summed E-state index contributed by atoms with van der Waals surface area (Å²) in [6.07, 6.45) is 1.05.